The maximum atomic E-state index is 13.0. The quantitative estimate of drug-likeness (QED) is 0.700. The molecule has 23 heavy (non-hydrogen) atoms. The number of rotatable bonds is 0. The van der Waals surface area contributed by atoms with Gasteiger partial charge in [-0.15, -0.1) is 0 Å². The zero-order valence-electron chi connectivity index (χ0n) is 12.5. The SMILES string of the molecule is CN1C(=O)NC2(C1=O)c1cc(Br)ccc1O[C@H]1CCC(=O)C[C@@H]12. The number of carbonyl (C=O) groups is 3. The molecule has 1 aromatic rings. The highest BCUT2D eigenvalue weighted by Gasteiger charge is 2.62. The van der Waals surface area contributed by atoms with E-state index < -0.39 is 11.6 Å². The number of nitrogens with one attached hydrogen (secondary N) is 1. The molecule has 1 aliphatic carbocycles. The molecule has 3 aliphatic rings. The molecule has 1 saturated heterocycles. The van der Waals surface area contributed by atoms with Crippen LogP contribution in [0, 0.1) is 5.92 Å². The Morgan fingerprint density at radius 3 is 2.83 bits per heavy atom. The number of carbonyl (C=O) groups excluding carboxylic acids is 3. The van der Waals surface area contributed by atoms with Crippen molar-refractivity contribution in [2.45, 2.75) is 30.9 Å². The van der Waals surface area contributed by atoms with Crippen LogP contribution in [0.5, 0.6) is 5.75 Å². The van der Waals surface area contributed by atoms with Crippen LogP contribution in [0.1, 0.15) is 24.8 Å². The van der Waals surface area contributed by atoms with Crippen LogP contribution >= 0.6 is 15.9 Å². The molecule has 3 atom stereocenters. The summed E-state index contributed by atoms with van der Waals surface area (Å²) in [5.41, 5.74) is -0.602. The molecule has 2 aliphatic heterocycles. The van der Waals surface area contributed by atoms with Crippen molar-refractivity contribution in [1.29, 1.82) is 0 Å². The number of ether oxygens (including phenoxy) is 1. The Morgan fingerprint density at radius 2 is 2.13 bits per heavy atom. The third-order valence-electron chi connectivity index (χ3n) is 5.06. The highest BCUT2D eigenvalue weighted by Crippen LogP contribution is 2.50. The molecule has 6 nitrogen and oxygen atoms in total. The molecule has 0 radical (unpaired) electrons. The first-order valence-corrected chi connectivity index (χ1v) is 8.31. The largest absolute Gasteiger partial charge is 0.490 e. The maximum Gasteiger partial charge on any atom is 0.325 e. The molecule has 1 N–H and O–H groups in total. The molecular formula is C16H15BrN2O4. The Kier molecular flexibility index (Phi) is 3.07. The minimum atomic E-state index is -1.22. The van der Waals surface area contributed by atoms with E-state index in [2.05, 4.69) is 21.2 Å². The fourth-order valence-corrected chi connectivity index (χ4v) is 4.29. The number of hydrogen-bond donors (Lipinski definition) is 1. The fourth-order valence-electron chi connectivity index (χ4n) is 3.93. The van der Waals surface area contributed by atoms with Gasteiger partial charge in [-0.05, 0) is 24.6 Å². The number of Topliss-reactive ketones (excluding diaryl/α,β-unsaturated/α-hetero) is 1. The predicted octanol–water partition coefficient (Wildman–Crippen LogP) is 1.96. The highest BCUT2D eigenvalue weighted by molar-refractivity contribution is 9.10. The van der Waals surface area contributed by atoms with Crippen molar-refractivity contribution in [3.8, 4) is 5.75 Å². The van der Waals surface area contributed by atoms with E-state index in [9.17, 15) is 14.4 Å². The van der Waals surface area contributed by atoms with Gasteiger partial charge in [-0.3, -0.25) is 14.5 Å². The predicted molar refractivity (Wildman–Crippen MR) is 83.9 cm³/mol. The molecule has 1 aromatic carbocycles. The van der Waals surface area contributed by atoms with Crippen LogP contribution in [0.25, 0.3) is 0 Å². The van der Waals surface area contributed by atoms with Gasteiger partial charge in [0.2, 0.25) is 0 Å². The van der Waals surface area contributed by atoms with Crippen molar-refractivity contribution >= 4 is 33.7 Å². The summed E-state index contributed by atoms with van der Waals surface area (Å²) in [6, 6.07) is 4.99. The number of urea groups is 1. The van der Waals surface area contributed by atoms with Crippen molar-refractivity contribution in [3.05, 3.63) is 28.2 Å². The average Bonchev–Trinajstić information content (AvgIpc) is 2.75. The summed E-state index contributed by atoms with van der Waals surface area (Å²) in [6.07, 6.45) is 0.989. The standard InChI is InChI=1S/C16H15BrN2O4/c1-19-14(21)16(18-15(19)22)10-6-8(17)2-4-12(10)23-13-5-3-9(20)7-11(13)16/h2,4,6,11,13H,3,5,7H2,1H3,(H,18,22)/t11-,13-,16?/m0/s1. The van der Waals surface area contributed by atoms with Gasteiger partial charge in [0.1, 0.15) is 17.6 Å². The van der Waals surface area contributed by atoms with Crippen LogP contribution in [-0.2, 0) is 15.1 Å². The normalized spacial score (nSPS) is 32.4. The Bertz CT molecular complexity index is 750. The molecule has 2 fully saturated rings. The summed E-state index contributed by atoms with van der Waals surface area (Å²) in [5.74, 6) is -0.0150. The van der Waals surface area contributed by atoms with Crippen molar-refractivity contribution in [3.63, 3.8) is 0 Å². The van der Waals surface area contributed by atoms with Crippen molar-refractivity contribution in [2.75, 3.05) is 7.05 Å². The average molecular weight is 379 g/mol. The van der Waals surface area contributed by atoms with Gasteiger partial charge in [0, 0.05) is 35.8 Å². The van der Waals surface area contributed by atoms with Crippen molar-refractivity contribution in [1.82, 2.24) is 10.2 Å². The van der Waals surface area contributed by atoms with Crippen LogP contribution in [0.2, 0.25) is 0 Å². The fraction of sp³-hybridized carbons (Fsp3) is 0.438. The molecule has 1 unspecified atom stereocenters. The first kappa shape index (κ1) is 14.7. The third kappa shape index (κ3) is 1.89. The number of fused-ring (bicyclic) bond motifs is 4. The maximum absolute atomic E-state index is 13.0. The topological polar surface area (TPSA) is 75.7 Å². The van der Waals surface area contributed by atoms with Gasteiger partial charge in [0.15, 0.2) is 5.54 Å². The van der Waals surface area contributed by atoms with Gasteiger partial charge in [0.05, 0.1) is 0 Å². The Balaban J connectivity index is 1.96. The lowest BCUT2D eigenvalue weighted by atomic mass is 9.67. The van der Waals surface area contributed by atoms with Gasteiger partial charge in [-0.25, -0.2) is 4.79 Å². The minimum absolute atomic E-state index is 0.101. The number of benzene rings is 1. The zero-order chi connectivity index (χ0) is 16.4. The van der Waals surface area contributed by atoms with Crippen molar-refractivity contribution in [2.24, 2.45) is 5.92 Å². The van der Waals surface area contributed by atoms with E-state index in [1.807, 2.05) is 6.07 Å². The van der Waals surface area contributed by atoms with Gasteiger partial charge in [-0.1, -0.05) is 15.9 Å². The van der Waals surface area contributed by atoms with E-state index in [1.54, 1.807) is 12.1 Å². The number of hydrogen-bond acceptors (Lipinski definition) is 4. The molecule has 120 valence electrons. The molecular weight excluding hydrogens is 364 g/mol. The van der Waals surface area contributed by atoms with Gasteiger partial charge >= 0.3 is 6.03 Å². The smallest absolute Gasteiger partial charge is 0.325 e. The van der Waals surface area contributed by atoms with Crippen LogP contribution in [0.3, 0.4) is 0 Å². The first-order valence-electron chi connectivity index (χ1n) is 7.52. The first-order chi connectivity index (χ1) is 10.9. The van der Waals surface area contributed by atoms with Crippen LogP contribution < -0.4 is 10.1 Å². The lowest BCUT2D eigenvalue weighted by Gasteiger charge is -2.46. The molecule has 1 spiro atoms. The molecule has 3 amide bonds. The summed E-state index contributed by atoms with van der Waals surface area (Å²) < 4.78 is 6.84. The summed E-state index contributed by atoms with van der Waals surface area (Å²) in [4.78, 5) is 38.2. The highest BCUT2D eigenvalue weighted by atomic mass is 79.9. The molecule has 2 heterocycles. The number of ketones is 1. The van der Waals surface area contributed by atoms with E-state index in [0.717, 1.165) is 9.37 Å². The molecule has 0 bridgehead atoms. The lowest BCUT2D eigenvalue weighted by Crippen LogP contribution is -2.59. The monoisotopic (exact) mass is 378 g/mol. The van der Waals surface area contributed by atoms with E-state index in [0.29, 0.717) is 24.2 Å². The lowest BCUT2D eigenvalue weighted by molar-refractivity contribution is -0.139. The Labute approximate surface area is 141 Å². The number of imide groups is 1. The molecule has 4 rings (SSSR count). The second kappa shape index (κ2) is 4.80. The van der Waals surface area contributed by atoms with Crippen LogP contribution in [0.15, 0.2) is 22.7 Å². The second-order valence-electron chi connectivity index (χ2n) is 6.29. The third-order valence-corrected chi connectivity index (χ3v) is 5.55. The van der Waals surface area contributed by atoms with Crippen LogP contribution in [-0.4, -0.2) is 35.8 Å². The number of halogens is 1. The van der Waals surface area contributed by atoms with E-state index >= 15 is 0 Å². The van der Waals surface area contributed by atoms with Crippen LogP contribution in [0.4, 0.5) is 4.79 Å². The Hall–Kier alpha value is -1.89. The summed E-state index contributed by atoms with van der Waals surface area (Å²) in [7, 11) is 1.46. The van der Waals surface area contributed by atoms with E-state index in [1.165, 1.54) is 7.05 Å². The summed E-state index contributed by atoms with van der Waals surface area (Å²) in [5, 5.41) is 2.86. The number of nitrogens with zero attached hydrogens (tertiary/aromatic N) is 1. The Morgan fingerprint density at radius 1 is 1.35 bits per heavy atom. The van der Waals surface area contributed by atoms with Gasteiger partial charge in [0.25, 0.3) is 5.91 Å². The summed E-state index contributed by atoms with van der Waals surface area (Å²) in [6.45, 7) is 0. The van der Waals surface area contributed by atoms with Crippen molar-refractivity contribution < 1.29 is 19.1 Å². The molecule has 1 saturated carbocycles. The second-order valence-corrected chi connectivity index (χ2v) is 7.20. The summed E-state index contributed by atoms with van der Waals surface area (Å²) >= 11 is 3.41. The zero-order valence-corrected chi connectivity index (χ0v) is 14.1. The molecule has 7 heteroatoms. The van der Waals surface area contributed by atoms with E-state index in [-0.39, 0.29) is 30.1 Å². The molecule has 0 aromatic heterocycles. The van der Waals surface area contributed by atoms with Gasteiger partial charge < -0.3 is 10.1 Å². The van der Waals surface area contributed by atoms with E-state index in [4.69, 9.17) is 4.74 Å². The number of likely N-dealkylation sites (N-methyl/N-ethyl adjacent to an activating group) is 1. The minimum Gasteiger partial charge on any atom is -0.490 e. The number of amides is 3. The van der Waals surface area contributed by atoms with Gasteiger partial charge in [-0.2, -0.15) is 0 Å².